The van der Waals surface area contributed by atoms with Crippen LogP contribution in [0.1, 0.15) is 46.6 Å². The molecule has 166 valence electrons. The van der Waals surface area contributed by atoms with Gasteiger partial charge in [0.25, 0.3) is 5.72 Å². The molecule has 1 unspecified atom stereocenters. The van der Waals surface area contributed by atoms with E-state index < -0.39 is 29.8 Å². The van der Waals surface area contributed by atoms with Gasteiger partial charge in [-0.15, -0.1) is 0 Å². The van der Waals surface area contributed by atoms with Gasteiger partial charge < -0.3 is 24.1 Å². The van der Waals surface area contributed by atoms with Crippen molar-refractivity contribution < 1.29 is 43.2 Å². The molecule has 0 radical (unpaired) electrons. The molecule has 0 aliphatic carbocycles. The molecule has 0 spiro atoms. The molecular weight excluding hydrogens is 398 g/mol. The lowest BCUT2D eigenvalue weighted by molar-refractivity contribution is -0.167. The van der Waals surface area contributed by atoms with E-state index in [0.29, 0.717) is 12.0 Å². The van der Waals surface area contributed by atoms with Crippen molar-refractivity contribution in [2.45, 2.75) is 59.2 Å². The maximum absolute atomic E-state index is 12.1. The number of ether oxygens (including phenoxy) is 4. The molecule has 0 heterocycles. The van der Waals surface area contributed by atoms with Crippen LogP contribution in [0.15, 0.2) is 18.2 Å². The van der Waals surface area contributed by atoms with Crippen LogP contribution in [0.2, 0.25) is 0 Å². The lowest BCUT2D eigenvalue weighted by Gasteiger charge is -2.32. The zero-order valence-electron chi connectivity index (χ0n) is 17.6. The molecule has 10 nitrogen and oxygen atoms in total. The van der Waals surface area contributed by atoms with Gasteiger partial charge in [0, 0.05) is 26.3 Å². The zero-order valence-corrected chi connectivity index (χ0v) is 17.6. The van der Waals surface area contributed by atoms with Crippen molar-refractivity contribution in [3.8, 4) is 11.5 Å². The highest BCUT2D eigenvalue weighted by molar-refractivity contribution is 5.80. The molecule has 0 aliphatic heterocycles. The number of esters is 2. The van der Waals surface area contributed by atoms with Crippen LogP contribution in [0.5, 0.6) is 11.5 Å². The molecule has 1 aromatic rings. The number of hydrogen-bond donors (Lipinski definition) is 2. The third kappa shape index (κ3) is 7.36. The van der Waals surface area contributed by atoms with Crippen LogP contribution in [-0.4, -0.2) is 47.5 Å². The Morgan fingerprint density at radius 2 is 1.67 bits per heavy atom. The molecule has 0 fully saturated rings. The molecule has 0 saturated heterocycles. The van der Waals surface area contributed by atoms with Gasteiger partial charge in [0.15, 0.2) is 11.5 Å². The van der Waals surface area contributed by atoms with Gasteiger partial charge in [0.2, 0.25) is 0 Å². The van der Waals surface area contributed by atoms with Gasteiger partial charge in [-0.05, 0) is 38.0 Å². The number of nitrogens with one attached hydrogen (secondary N) is 1. The van der Waals surface area contributed by atoms with Crippen molar-refractivity contribution in [2.75, 3.05) is 6.61 Å². The molecule has 0 saturated carbocycles. The maximum Gasteiger partial charge on any atom is 0.510 e. The van der Waals surface area contributed by atoms with Gasteiger partial charge in [0.1, 0.15) is 0 Å². The molecule has 1 rings (SSSR count). The molecule has 0 aliphatic rings. The second kappa shape index (κ2) is 11.1. The molecule has 1 aromatic carbocycles. The van der Waals surface area contributed by atoms with E-state index in [1.54, 1.807) is 13.8 Å². The molecule has 2 atom stereocenters. The van der Waals surface area contributed by atoms with Gasteiger partial charge in [-0.25, -0.2) is 9.59 Å². The van der Waals surface area contributed by atoms with Crippen LogP contribution in [0.3, 0.4) is 0 Å². The number of benzene rings is 1. The minimum absolute atomic E-state index is 0.00550. The van der Waals surface area contributed by atoms with Gasteiger partial charge >= 0.3 is 24.1 Å². The number of hydrogen-bond acceptors (Lipinski definition) is 9. The topological polar surface area (TPSA) is 137 Å². The quantitative estimate of drug-likeness (QED) is 0.326. The molecule has 2 N–H and O–H groups in total. The highest BCUT2D eigenvalue weighted by atomic mass is 16.7. The van der Waals surface area contributed by atoms with E-state index in [1.807, 2.05) is 6.92 Å². The monoisotopic (exact) mass is 425 g/mol. The number of carboxylic acid groups (broad SMARTS) is 1. The van der Waals surface area contributed by atoms with E-state index >= 15 is 0 Å². The highest BCUT2D eigenvalue weighted by Gasteiger charge is 2.44. The van der Waals surface area contributed by atoms with E-state index in [1.165, 1.54) is 32.0 Å². The first-order valence-electron chi connectivity index (χ1n) is 9.39. The summed E-state index contributed by atoms with van der Waals surface area (Å²) in [6, 6.07) is 3.85. The van der Waals surface area contributed by atoms with E-state index in [2.05, 4.69) is 5.32 Å². The minimum atomic E-state index is -2.14. The number of carbonyl (C=O) groups is 4. The Morgan fingerprint density at radius 3 is 2.17 bits per heavy atom. The molecule has 0 aromatic heterocycles. The van der Waals surface area contributed by atoms with Gasteiger partial charge in [-0.2, -0.15) is 0 Å². The second-order valence-electron chi connectivity index (χ2n) is 6.52. The first kappa shape index (κ1) is 24.9. The Kier molecular flexibility index (Phi) is 9.25. The van der Waals surface area contributed by atoms with Crippen molar-refractivity contribution in [3.63, 3.8) is 0 Å². The van der Waals surface area contributed by atoms with Gasteiger partial charge in [0.05, 0.1) is 6.61 Å². The van der Waals surface area contributed by atoms with Crippen molar-refractivity contribution in [2.24, 2.45) is 0 Å². The first-order valence-corrected chi connectivity index (χ1v) is 9.39. The number of carboxylic acids is 1. The fraction of sp³-hybridized carbons (Fsp3) is 0.500. The second-order valence-corrected chi connectivity index (χ2v) is 6.52. The van der Waals surface area contributed by atoms with Crippen LogP contribution in [-0.2, 0) is 30.3 Å². The Hall–Kier alpha value is -3.14. The molecule has 0 bridgehead atoms. The van der Waals surface area contributed by atoms with Crippen molar-refractivity contribution in [3.05, 3.63) is 23.8 Å². The third-order valence-electron chi connectivity index (χ3n) is 3.93. The normalized spacial score (nSPS) is 13.5. The Balaban J connectivity index is 3.37. The minimum Gasteiger partial charge on any atom is -0.477 e. The molecular formula is C20H27NO9. The Labute approximate surface area is 174 Å². The summed E-state index contributed by atoms with van der Waals surface area (Å²) in [5, 5.41) is 12.7. The fourth-order valence-corrected chi connectivity index (χ4v) is 2.51. The standard InChI is InChI=1S/C20H27NO9/c1-6-12(3)21-20(18(24)25,30-19(26)27-7-2)11-15-8-9-16(28-13(4)22)17(10-15)29-14(5)23/h8-10,12,21H,6-7,11H2,1-5H3,(H,24,25)/t12?,20-/m0/s1. The summed E-state index contributed by atoms with van der Waals surface area (Å²) in [5.74, 6) is -2.81. The average molecular weight is 425 g/mol. The first-order chi connectivity index (χ1) is 14.0. The predicted molar refractivity (Wildman–Crippen MR) is 104 cm³/mol. The van der Waals surface area contributed by atoms with Crippen LogP contribution in [0.25, 0.3) is 0 Å². The summed E-state index contributed by atoms with van der Waals surface area (Å²) < 4.78 is 20.0. The summed E-state index contributed by atoms with van der Waals surface area (Å²) in [6.07, 6.45) is -0.904. The fourth-order valence-electron chi connectivity index (χ4n) is 2.51. The third-order valence-corrected chi connectivity index (χ3v) is 3.93. The van der Waals surface area contributed by atoms with Crippen LogP contribution >= 0.6 is 0 Å². The van der Waals surface area contributed by atoms with Crippen molar-refractivity contribution in [1.82, 2.24) is 5.32 Å². The van der Waals surface area contributed by atoms with Crippen molar-refractivity contribution in [1.29, 1.82) is 0 Å². The summed E-state index contributed by atoms with van der Waals surface area (Å²) in [6.45, 7) is 7.49. The van der Waals surface area contributed by atoms with Crippen molar-refractivity contribution >= 4 is 24.1 Å². The van der Waals surface area contributed by atoms with Gasteiger partial charge in [-0.1, -0.05) is 13.0 Å². The molecule has 10 heteroatoms. The summed E-state index contributed by atoms with van der Waals surface area (Å²) in [7, 11) is 0. The van der Waals surface area contributed by atoms with E-state index in [9.17, 15) is 24.3 Å². The maximum atomic E-state index is 12.1. The SMILES string of the molecule is CCOC(=O)O[C@](Cc1ccc(OC(C)=O)c(OC(C)=O)c1)(NC(C)CC)C(=O)O. The van der Waals surface area contributed by atoms with Crippen LogP contribution < -0.4 is 14.8 Å². The Morgan fingerprint density at radius 1 is 1.07 bits per heavy atom. The number of rotatable bonds is 10. The number of carbonyl (C=O) groups excluding carboxylic acids is 3. The summed E-state index contributed by atoms with van der Waals surface area (Å²) in [5.41, 5.74) is -1.80. The molecule has 0 amide bonds. The largest absolute Gasteiger partial charge is 0.510 e. The average Bonchev–Trinajstić information content (AvgIpc) is 2.62. The summed E-state index contributed by atoms with van der Waals surface area (Å²) >= 11 is 0. The van der Waals surface area contributed by atoms with Crippen LogP contribution in [0.4, 0.5) is 4.79 Å². The predicted octanol–water partition coefficient (Wildman–Crippen LogP) is 2.42. The lowest BCUT2D eigenvalue weighted by Crippen LogP contribution is -2.59. The zero-order chi connectivity index (χ0) is 22.9. The van der Waals surface area contributed by atoms with E-state index in [4.69, 9.17) is 18.9 Å². The molecule has 30 heavy (non-hydrogen) atoms. The lowest BCUT2D eigenvalue weighted by atomic mass is 10.00. The Bertz CT molecular complexity index is 792. The van der Waals surface area contributed by atoms with Gasteiger partial charge in [-0.3, -0.25) is 14.9 Å². The summed E-state index contributed by atoms with van der Waals surface area (Å²) in [4.78, 5) is 46.8. The van der Waals surface area contributed by atoms with E-state index in [-0.39, 0.29) is 30.6 Å². The number of aliphatic carboxylic acids is 1. The highest BCUT2D eigenvalue weighted by Crippen LogP contribution is 2.31. The smallest absolute Gasteiger partial charge is 0.477 e. The van der Waals surface area contributed by atoms with Crippen LogP contribution in [0, 0.1) is 0 Å². The van der Waals surface area contributed by atoms with E-state index in [0.717, 1.165) is 0 Å².